The minimum atomic E-state index is -0.561. The molecule has 0 N–H and O–H groups in total. The van der Waals surface area contributed by atoms with E-state index in [1.165, 1.54) is 18.2 Å². The van der Waals surface area contributed by atoms with Gasteiger partial charge in [-0.2, -0.15) is 5.26 Å². The van der Waals surface area contributed by atoms with Crippen LogP contribution in [0.25, 0.3) is 22.3 Å². The molecule has 0 atom stereocenters. The van der Waals surface area contributed by atoms with Crippen LogP contribution in [0.3, 0.4) is 0 Å². The number of aryl methyl sites for hydroxylation is 1. The maximum absolute atomic E-state index is 14.7. The molecule has 0 saturated carbocycles. The second kappa shape index (κ2) is 6.59. The van der Waals surface area contributed by atoms with Crippen LogP contribution >= 0.6 is 0 Å². The Morgan fingerprint density at radius 2 is 1.63 bits per heavy atom. The number of halogens is 3. The van der Waals surface area contributed by atoms with Crippen LogP contribution in [0.4, 0.5) is 13.2 Å². The lowest BCUT2D eigenvalue weighted by Gasteiger charge is -2.23. The van der Waals surface area contributed by atoms with Gasteiger partial charge in [-0.05, 0) is 70.8 Å². The molecular weight excluding hydrogens is 347 g/mol. The van der Waals surface area contributed by atoms with Gasteiger partial charge in [0.25, 0.3) is 0 Å². The van der Waals surface area contributed by atoms with Crippen molar-refractivity contribution >= 4 is 0 Å². The molecule has 0 bridgehead atoms. The Labute approximate surface area is 155 Å². The molecule has 134 valence electrons. The monoisotopic (exact) mass is 363 g/mol. The van der Waals surface area contributed by atoms with E-state index in [2.05, 4.69) is 0 Å². The molecule has 0 spiro atoms. The van der Waals surface area contributed by atoms with E-state index in [-0.39, 0.29) is 11.1 Å². The fourth-order valence-electron chi connectivity index (χ4n) is 3.80. The minimum Gasteiger partial charge on any atom is -0.207 e. The van der Waals surface area contributed by atoms with E-state index in [1.54, 1.807) is 13.0 Å². The lowest BCUT2D eigenvalue weighted by atomic mass is 9.82. The Kier molecular flexibility index (Phi) is 4.24. The summed E-state index contributed by atoms with van der Waals surface area (Å²) in [6.07, 6.45) is 1.47. The average molecular weight is 363 g/mol. The largest absolute Gasteiger partial charge is 0.207 e. The molecule has 0 fully saturated rings. The summed E-state index contributed by atoms with van der Waals surface area (Å²) in [5.41, 5.74) is 4.58. The van der Waals surface area contributed by atoms with E-state index in [0.717, 1.165) is 16.7 Å². The maximum Gasteiger partial charge on any atom is 0.141 e. The van der Waals surface area contributed by atoms with E-state index in [9.17, 15) is 13.2 Å². The molecule has 0 amide bonds. The molecular formula is C23H16F3N. The third kappa shape index (κ3) is 2.80. The zero-order valence-electron chi connectivity index (χ0n) is 14.7. The highest BCUT2D eigenvalue weighted by atomic mass is 19.1. The molecule has 3 aromatic rings. The second-order valence-electron chi connectivity index (χ2n) is 6.71. The quantitative estimate of drug-likeness (QED) is 0.550. The van der Waals surface area contributed by atoms with Crippen molar-refractivity contribution < 1.29 is 13.2 Å². The van der Waals surface area contributed by atoms with Crippen molar-refractivity contribution in [3.8, 4) is 28.3 Å². The summed E-state index contributed by atoms with van der Waals surface area (Å²) in [6.45, 7) is 1.74. The summed E-state index contributed by atoms with van der Waals surface area (Å²) in [5, 5.41) is 8.86. The average Bonchev–Trinajstić information content (AvgIpc) is 2.67. The van der Waals surface area contributed by atoms with Gasteiger partial charge in [-0.15, -0.1) is 0 Å². The molecule has 1 aliphatic carbocycles. The molecule has 27 heavy (non-hydrogen) atoms. The molecule has 3 aromatic carbocycles. The first-order valence-corrected chi connectivity index (χ1v) is 8.86. The third-order valence-corrected chi connectivity index (χ3v) is 5.23. The van der Waals surface area contributed by atoms with Gasteiger partial charge in [-0.3, -0.25) is 0 Å². The summed E-state index contributed by atoms with van der Waals surface area (Å²) < 4.78 is 42.9. The Balaban J connectivity index is 1.82. The van der Waals surface area contributed by atoms with E-state index in [4.69, 9.17) is 5.26 Å². The number of nitrogens with zero attached hydrogens (tertiary/aromatic N) is 1. The number of fused-ring (bicyclic) bond motifs is 3. The van der Waals surface area contributed by atoms with Crippen LogP contribution in [-0.4, -0.2) is 0 Å². The van der Waals surface area contributed by atoms with Gasteiger partial charge in [0.2, 0.25) is 0 Å². The molecule has 1 aliphatic rings. The highest BCUT2D eigenvalue weighted by molar-refractivity contribution is 5.78. The van der Waals surface area contributed by atoms with E-state index in [0.29, 0.717) is 36.0 Å². The molecule has 0 saturated heterocycles. The Morgan fingerprint density at radius 1 is 0.889 bits per heavy atom. The van der Waals surface area contributed by atoms with Gasteiger partial charge >= 0.3 is 0 Å². The Hall–Kier alpha value is -3.06. The summed E-state index contributed by atoms with van der Waals surface area (Å²) in [7, 11) is 0. The highest BCUT2D eigenvalue weighted by Crippen LogP contribution is 2.39. The fraction of sp³-hybridized carbons (Fsp3) is 0.174. The van der Waals surface area contributed by atoms with Gasteiger partial charge in [-0.25, -0.2) is 13.2 Å². The summed E-state index contributed by atoms with van der Waals surface area (Å²) >= 11 is 0. The van der Waals surface area contributed by atoms with Crippen LogP contribution in [0.15, 0.2) is 42.5 Å². The Bertz CT molecular complexity index is 1110. The van der Waals surface area contributed by atoms with Gasteiger partial charge in [0.05, 0.1) is 5.56 Å². The molecule has 0 aromatic heterocycles. The molecule has 0 heterocycles. The van der Waals surface area contributed by atoms with Gasteiger partial charge in [-0.1, -0.05) is 31.2 Å². The topological polar surface area (TPSA) is 23.8 Å². The lowest BCUT2D eigenvalue weighted by molar-refractivity contribution is 0.548. The predicted molar refractivity (Wildman–Crippen MR) is 98.7 cm³/mol. The predicted octanol–water partition coefficient (Wildman–Crippen LogP) is 5.97. The van der Waals surface area contributed by atoms with Crippen molar-refractivity contribution in [2.24, 2.45) is 0 Å². The van der Waals surface area contributed by atoms with Crippen LogP contribution in [-0.2, 0) is 19.3 Å². The van der Waals surface area contributed by atoms with Crippen molar-refractivity contribution in [2.45, 2.75) is 26.2 Å². The third-order valence-electron chi connectivity index (χ3n) is 5.23. The van der Waals surface area contributed by atoms with Crippen molar-refractivity contribution in [2.75, 3.05) is 0 Å². The van der Waals surface area contributed by atoms with Gasteiger partial charge in [0, 0.05) is 5.56 Å². The highest BCUT2D eigenvalue weighted by Gasteiger charge is 2.23. The van der Waals surface area contributed by atoms with Gasteiger partial charge in [0.1, 0.15) is 23.5 Å². The summed E-state index contributed by atoms with van der Waals surface area (Å²) in [4.78, 5) is 0. The SMILES string of the molecule is CCc1c(F)cc2c(c1F)CCc1cc(-c3ccc(C#N)c(F)c3)ccc1-2. The summed E-state index contributed by atoms with van der Waals surface area (Å²) in [6, 6.07) is 13.3. The second-order valence-corrected chi connectivity index (χ2v) is 6.71. The number of hydrogen-bond donors (Lipinski definition) is 0. The number of hydrogen-bond acceptors (Lipinski definition) is 1. The van der Waals surface area contributed by atoms with Crippen LogP contribution < -0.4 is 0 Å². The van der Waals surface area contributed by atoms with E-state index in [1.807, 2.05) is 24.3 Å². The maximum atomic E-state index is 14.7. The number of rotatable bonds is 2. The lowest BCUT2D eigenvalue weighted by Crippen LogP contribution is -2.10. The van der Waals surface area contributed by atoms with Crippen molar-refractivity contribution in [3.63, 3.8) is 0 Å². The van der Waals surface area contributed by atoms with Crippen molar-refractivity contribution in [1.29, 1.82) is 5.26 Å². The first kappa shape index (κ1) is 17.4. The van der Waals surface area contributed by atoms with E-state index < -0.39 is 17.5 Å². The number of nitriles is 1. The first-order valence-electron chi connectivity index (χ1n) is 8.86. The molecule has 4 rings (SSSR count). The molecule has 0 aliphatic heterocycles. The van der Waals surface area contributed by atoms with Crippen LogP contribution in [0.1, 0.15) is 29.2 Å². The molecule has 1 nitrogen and oxygen atoms in total. The minimum absolute atomic E-state index is 0.00307. The smallest absolute Gasteiger partial charge is 0.141 e. The zero-order valence-corrected chi connectivity index (χ0v) is 14.7. The van der Waals surface area contributed by atoms with Gasteiger partial charge < -0.3 is 0 Å². The van der Waals surface area contributed by atoms with Gasteiger partial charge in [0.15, 0.2) is 0 Å². The van der Waals surface area contributed by atoms with Crippen LogP contribution in [0, 0.1) is 28.8 Å². The van der Waals surface area contributed by atoms with Crippen LogP contribution in [0.2, 0.25) is 0 Å². The summed E-state index contributed by atoms with van der Waals surface area (Å²) in [5.74, 6) is -1.51. The normalized spacial score (nSPS) is 12.3. The van der Waals surface area contributed by atoms with Crippen LogP contribution in [0.5, 0.6) is 0 Å². The molecule has 4 heteroatoms. The number of benzene rings is 3. The fourth-order valence-corrected chi connectivity index (χ4v) is 3.80. The Morgan fingerprint density at radius 3 is 2.33 bits per heavy atom. The molecule has 0 unspecified atom stereocenters. The van der Waals surface area contributed by atoms with E-state index >= 15 is 0 Å². The zero-order chi connectivity index (χ0) is 19.1. The standard InChI is InChI=1S/C23H16F3N/c1-2-17-22(25)11-20-18-7-5-13(9-15(18)6-8-19(20)23(17)26)14-3-4-16(12-27)21(24)10-14/h3-5,7,9-11H,2,6,8H2,1H3. The first-order chi connectivity index (χ1) is 13.0. The van der Waals surface area contributed by atoms with Crippen molar-refractivity contribution in [1.82, 2.24) is 0 Å². The molecule has 0 radical (unpaired) electrons. The van der Waals surface area contributed by atoms with Crippen molar-refractivity contribution in [3.05, 3.63) is 82.2 Å².